The highest BCUT2D eigenvalue weighted by atomic mass is 16.7. The predicted octanol–water partition coefficient (Wildman–Crippen LogP) is 6.35. The van der Waals surface area contributed by atoms with Gasteiger partial charge in [0.1, 0.15) is 30.5 Å². The van der Waals surface area contributed by atoms with E-state index in [0.717, 1.165) is 12.8 Å². The van der Waals surface area contributed by atoms with Gasteiger partial charge in [-0.2, -0.15) is 0 Å². The van der Waals surface area contributed by atoms with Crippen molar-refractivity contribution < 1.29 is 44.2 Å². The molecular weight excluding hydrogens is 564 g/mol. The number of hydrogen-bond acceptors (Lipinski definition) is 9. The molecule has 1 rings (SSSR count). The zero-order chi connectivity index (χ0) is 32.3. The fraction of sp³-hybridized carbons (Fsp3) is 0.971. The summed E-state index contributed by atoms with van der Waals surface area (Å²) in [4.78, 5) is 11.5. The number of carbonyl (C=O) groups excluding carboxylic acids is 1. The number of unbranched alkanes of at least 4 members (excludes halogenated alkanes) is 21. The summed E-state index contributed by atoms with van der Waals surface area (Å²) >= 11 is 0. The van der Waals surface area contributed by atoms with E-state index in [1.54, 1.807) is 0 Å². The van der Waals surface area contributed by atoms with E-state index in [9.17, 15) is 25.2 Å². The molecule has 0 aliphatic carbocycles. The van der Waals surface area contributed by atoms with Gasteiger partial charge in [-0.15, -0.1) is 0 Å². The second-order valence-corrected chi connectivity index (χ2v) is 12.8. The van der Waals surface area contributed by atoms with Gasteiger partial charge in [-0.05, 0) is 6.42 Å². The number of esters is 1. The minimum Gasteiger partial charge on any atom is -0.458 e. The second kappa shape index (κ2) is 28.4. The maximum absolute atomic E-state index is 11.5. The number of hydrogen-bond donors (Lipinski definition) is 4. The number of carbonyl (C=O) groups is 1. The van der Waals surface area contributed by atoms with Gasteiger partial charge in [0.05, 0.1) is 19.8 Å². The molecule has 0 aromatic rings. The van der Waals surface area contributed by atoms with E-state index in [2.05, 4.69) is 6.92 Å². The molecular formula is C35H68O9. The minimum atomic E-state index is -1.52. The molecule has 1 aliphatic heterocycles. The molecule has 0 saturated carbocycles. The van der Waals surface area contributed by atoms with Gasteiger partial charge in [-0.1, -0.05) is 142 Å². The lowest BCUT2D eigenvalue weighted by Gasteiger charge is -2.39. The van der Waals surface area contributed by atoms with Crippen molar-refractivity contribution in [3.8, 4) is 0 Å². The van der Waals surface area contributed by atoms with E-state index in [1.807, 2.05) is 0 Å². The van der Waals surface area contributed by atoms with Crippen molar-refractivity contribution in [1.29, 1.82) is 0 Å². The van der Waals surface area contributed by atoms with E-state index >= 15 is 0 Å². The Kier molecular flexibility index (Phi) is 26.6. The first-order valence-electron chi connectivity index (χ1n) is 18.1. The van der Waals surface area contributed by atoms with Gasteiger partial charge in [0, 0.05) is 13.5 Å². The summed E-state index contributed by atoms with van der Waals surface area (Å²) in [7, 11) is 0. The van der Waals surface area contributed by atoms with Gasteiger partial charge in [-0.3, -0.25) is 4.79 Å². The molecule has 1 saturated heterocycles. The normalized spacial score (nSPS) is 22.7. The third-order valence-corrected chi connectivity index (χ3v) is 8.57. The van der Waals surface area contributed by atoms with Gasteiger partial charge in [0.25, 0.3) is 0 Å². The Hall–Kier alpha value is -0.810. The Morgan fingerprint density at radius 2 is 1.07 bits per heavy atom. The summed E-state index contributed by atoms with van der Waals surface area (Å²) in [6, 6.07) is 0. The number of rotatable bonds is 30. The Morgan fingerprint density at radius 3 is 1.48 bits per heavy atom. The van der Waals surface area contributed by atoms with Crippen molar-refractivity contribution in [2.24, 2.45) is 0 Å². The number of ether oxygens (including phenoxy) is 4. The minimum absolute atomic E-state index is 0.123. The average Bonchev–Trinajstić information content (AvgIpc) is 3.01. The molecule has 44 heavy (non-hydrogen) atoms. The molecule has 262 valence electrons. The molecule has 0 aromatic carbocycles. The van der Waals surface area contributed by atoms with Crippen LogP contribution in [0, 0.1) is 0 Å². The molecule has 1 fully saturated rings. The van der Waals surface area contributed by atoms with E-state index in [4.69, 9.17) is 18.9 Å². The SMILES string of the molecule is CCCCCCCCCCCCCCCCCCCCCCCCOCC(COC1OC(CO)C(O)C(O)C1O)OC(C)=O. The van der Waals surface area contributed by atoms with Crippen LogP contribution in [0.2, 0.25) is 0 Å². The van der Waals surface area contributed by atoms with Crippen molar-refractivity contribution in [2.45, 2.75) is 192 Å². The van der Waals surface area contributed by atoms with Gasteiger partial charge < -0.3 is 39.4 Å². The molecule has 0 amide bonds. The maximum Gasteiger partial charge on any atom is 0.303 e. The zero-order valence-electron chi connectivity index (χ0n) is 28.2. The molecule has 9 nitrogen and oxygen atoms in total. The Labute approximate surface area is 268 Å². The topological polar surface area (TPSA) is 135 Å². The van der Waals surface area contributed by atoms with E-state index in [0.29, 0.717) is 6.61 Å². The fourth-order valence-electron chi connectivity index (χ4n) is 5.79. The largest absolute Gasteiger partial charge is 0.458 e. The molecule has 0 aromatic heterocycles. The Morgan fingerprint density at radius 1 is 0.636 bits per heavy atom. The van der Waals surface area contributed by atoms with Crippen molar-refractivity contribution in [1.82, 2.24) is 0 Å². The molecule has 1 heterocycles. The van der Waals surface area contributed by atoms with Crippen LogP contribution < -0.4 is 0 Å². The van der Waals surface area contributed by atoms with Gasteiger partial charge in [-0.25, -0.2) is 0 Å². The van der Waals surface area contributed by atoms with Crippen molar-refractivity contribution in [2.75, 3.05) is 26.4 Å². The van der Waals surface area contributed by atoms with Crippen LogP contribution in [0.25, 0.3) is 0 Å². The molecule has 4 N–H and O–H groups in total. The number of aliphatic hydroxyl groups is 4. The van der Waals surface area contributed by atoms with Crippen LogP contribution in [0.15, 0.2) is 0 Å². The van der Waals surface area contributed by atoms with Crippen LogP contribution in [0.5, 0.6) is 0 Å². The summed E-state index contributed by atoms with van der Waals surface area (Å²) in [5, 5.41) is 39.2. The molecule has 6 atom stereocenters. The summed E-state index contributed by atoms with van der Waals surface area (Å²) < 4.78 is 21.8. The third kappa shape index (κ3) is 21.1. The van der Waals surface area contributed by atoms with E-state index in [1.165, 1.54) is 135 Å². The molecule has 0 bridgehead atoms. The first-order chi connectivity index (χ1) is 21.4. The molecule has 9 heteroatoms. The highest BCUT2D eigenvalue weighted by Gasteiger charge is 2.44. The highest BCUT2D eigenvalue weighted by Crippen LogP contribution is 2.22. The summed E-state index contributed by atoms with van der Waals surface area (Å²) in [6.07, 6.45) is 22.1. The maximum atomic E-state index is 11.5. The smallest absolute Gasteiger partial charge is 0.303 e. The summed E-state index contributed by atoms with van der Waals surface area (Å²) in [5.41, 5.74) is 0. The van der Waals surface area contributed by atoms with Crippen LogP contribution >= 0.6 is 0 Å². The monoisotopic (exact) mass is 632 g/mol. The quantitative estimate of drug-likeness (QED) is 0.0527. The van der Waals surface area contributed by atoms with Gasteiger partial charge in [0.2, 0.25) is 0 Å². The summed E-state index contributed by atoms with van der Waals surface area (Å²) in [5.74, 6) is -0.486. The van der Waals surface area contributed by atoms with Crippen molar-refractivity contribution in [3.05, 3.63) is 0 Å². The van der Waals surface area contributed by atoms with Crippen LogP contribution in [-0.2, 0) is 23.7 Å². The lowest BCUT2D eigenvalue weighted by Crippen LogP contribution is -2.59. The summed E-state index contributed by atoms with van der Waals surface area (Å²) in [6.45, 7) is 3.60. The lowest BCUT2D eigenvalue weighted by atomic mass is 9.99. The molecule has 0 spiro atoms. The molecule has 6 unspecified atom stereocenters. The van der Waals surface area contributed by atoms with Gasteiger partial charge in [0.15, 0.2) is 6.29 Å². The van der Waals surface area contributed by atoms with E-state index < -0.39 is 49.4 Å². The van der Waals surface area contributed by atoms with Crippen LogP contribution in [0.1, 0.15) is 155 Å². The van der Waals surface area contributed by atoms with Crippen molar-refractivity contribution in [3.63, 3.8) is 0 Å². The van der Waals surface area contributed by atoms with E-state index in [-0.39, 0.29) is 13.2 Å². The Bertz CT molecular complexity index is 648. The first-order valence-corrected chi connectivity index (χ1v) is 18.1. The van der Waals surface area contributed by atoms with Crippen LogP contribution in [0.3, 0.4) is 0 Å². The Balaban J connectivity index is 1.92. The second-order valence-electron chi connectivity index (χ2n) is 12.8. The third-order valence-electron chi connectivity index (χ3n) is 8.57. The molecule has 0 radical (unpaired) electrons. The van der Waals surface area contributed by atoms with Crippen molar-refractivity contribution >= 4 is 5.97 Å². The standard InChI is InChI=1S/C35H68O9/c1-3-4-5-6-7-8-9-10-11-12-13-14-15-16-17-18-19-20-21-22-23-24-25-41-27-30(43-29(2)37)28-42-35-34(40)33(39)32(38)31(26-36)44-35/h30-36,38-40H,3-28H2,1-2H3. The predicted molar refractivity (Wildman–Crippen MR) is 173 cm³/mol. The number of aliphatic hydroxyl groups excluding tert-OH is 4. The van der Waals surface area contributed by atoms with Crippen LogP contribution in [-0.4, -0.2) is 89.6 Å². The highest BCUT2D eigenvalue weighted by molar-refractivity contribution is 5.66. The van der Waals surface area contributed by atoms with Crippen LogP contribution in [0.4, 0.5) is 0 Å². The fourth-order valence-corrected chi connectivity index (χ4v) is 5.79. The first kappa shape index (κ1) is 41.2. The van der Waals surface area contributed by atoms with Gasteiger partial charge >= 0.3 is 5.97 Å². The molecule has 1 aliphatic rings. The lowest BCUT2D eigenvalue weighted by molar-refractivity contribution is -0.305. The average molecular weight is 633 g/mol. The zero-order valence-corrected chi connectivity index (χ0v) is 28.2.